The number of aliphatic hydroxyl groups is 1. The number of ether oxygens (including phenoxy) is 4. The number of carbonyl (C=O) groups is 2. The third kappa shape index (κ3) is 16.8. The second-order valence-corrected chi connectivity index (χ2v) is 15.7. The SMILES string of the molecule is CCCCS(=O)(=O)CCNC(=O)[C@H](C)C[C@H](O)[C@H](C[C@H](Cc1ccc(OC)c(OCCCOC)c1)C(C)C)NC(=O)OC(C)(C)C. The van der Waals surface area contributed by atoms with Gasteiger partial charge < -0.3 is 34.7 Å². The largest absolute Gasteiger partial charge is 0.493 e. The van der Waals surface area contributed by atoms with Crippen LogP contribution in [0.1, 0.15) is 86.1 Å². The van der Waals surface area contributed by atoms with Gasteiger partial charge in [0.25, 0.3) is 0 Å². The number of rotatable bonds is 22. The van der Waals surface area contributed by atoms with Gasteiger partial charge in [-0.2, -0.15) is 0 Å². The zero-order valence-corrected chi connectivity index (χ0v) is 30.3. The Morgan fingerprint density at radius 1 is 0.978 bits per heavy atom. The van der Waals surface area contributed by atoms with Gasteiger partial charge in [-0.3, -0.25) is 4.79 Å². The molecule has 4 atom stereocenters. The molecule has 0 radical (unpaired) electrons. The Morgan fingerprint density at radius 3 is 2.26 bits per heavy atom. The van der Waals surface area contributed by atoms with Crippen LogP contribution in [0, 0.1) is 17.8 Å². The van der Waals surface area contributed by atoms with E-state index in [2.05, 4.69) is 24.5 Å². The van der Waals surface area contributed by atoms with Gasteiger partial charge in [-0.05, 0) is 76.0 Å². The summed E-state index contributed by atoms with van der Waals surface area (Å²) in [5.74, 6) is 0.513. The number of carbonyl (C=O) groups excluding carboxylic acids is 2. The van der Waals surface area contributed by atoms with Crippen LogP contribution < -0.4 is 20.1 Å². The maximum absolute atomic E-state index is 12.9. The highest BCUT2D eigenvalue weighted by atomic mass is 32.2. The van der Waals surface area contributed by atoms with E-state index in [0.717, 1.165) is 18.4 Å². The molecule has 0 aliphatic rings. The number of nitrogens with one attached hydrogen (secondary N) is 2. The molecule has 1 aromatic carbocycles. The van der Waals surface area contributed by atoms with Crippen LogP contribution in [0.15, 0.2) is 18.2 Å². The van der Waals surface area contributed by atoms with Crippen molar-refractivity contribution < 1.29 is 42.1 Å². The van der Waals surface area contributed by atoms with Gasteiger partial charge >= 0.3 is 6.09 Å². The van der Waals surface area contributed by atoms with Gasteiger partial charge in [0.15, 0.2) is 21.3 Å². The van der Waals surface area contributed by atoms with Crippen molar-refractivity contribution in [3.05, 3.63) is 23.8 Å². The third-order valence-electron chi connectivity index (χ3n) is 7.71. The molecule has 3 N–H and O–H groups in total. The fourth-order valence-corrected chi connectivity index (χ4v) is 6.29. The molecule has 0 spiro atoms. The molecule has 0 aromatic heterocycles. The van der Waals surface area contributed by atoms with Crippen LogP contribution in [0.4, 0.5) is 4.79 Å². The van der Waals surface area contributed by atoms with Gasteiger partial charge in [0.2, 0.25) is 5.91 Å². The van der Waals surface area contributed by atoms with Gasteiger partial charge in [0, 0.05) is 32.6 Å². The number of sulfone groups is 1. The lowest BCUT2D eigenvalue weighted by Gasteiger charge is -2.32. The Bertz CT molecular complexity index is 1150. The molecule has 0 unspecified atom stereocenters. The monoisotopic (exact) mass is 672 g/mol. The molecule has 0 bridgehead atoms. The van der Waals surface area contributed by atoms with Crippen molar-refractivity contribution in [1.29, 1.82) is 0 Å². The molecule has 0 heterocycles. The van der Waals surface area contributed by atoms with Crippen LogP contribution in [0.5, 0.6) is 11.5 Å². The van der Waals surface area contributed by atoms with Crippen molar-refractivity contribution in [3.8, 4) is 11.5 Å². The fourth-order valence-electron chi connectivity index (χ4n) is 4.94. The molecular formula is C34H60N2O9S. The first-order chi connectivity index (χ1) is 21.5. The lowest BCUT2D eigenvalue weighted by Crippen LogP contribution is -2.48. The average Bonchev–Trinajstić information content (AvgIpc) is 2.96. The molecule has 0 aliphatic carbocycles. The molecule has 1 aromatic rings. The Balaban J connectivity index is 3.07. The van der Waals surface area contributed by atoms with E-state index in [9.17, 15) is 23.1 Å². The molecule has 1 rings (SSSR count). The minimum atomic E-state index is -3.24. The van der Waals surface area contributed by atoms with Crippen LogP contribution in [-0.2, 0) is 30.5 Å². The van der Waals surface area contributed by atoms with E-state index in [4.69, 9.17) is 18.9 Å². The van der Waals surface area contributed by atoms with Gasteiger partial charge in [0.1, 0.15) is 5.60 Å². The number of benzene rings is 1. The summed E-state index contributed by atoms with van der Waals surface area (Å²) < 4.78 is 46.4. The summed E-state index contributed by atoms with van der Waals surface area (Å²) in [6.07, 6.45) is 1.55. The molecule has 11 nitrogen and oxygen atoms in total. The summed E-state index contributed by atoms with van der Waals surface area (Å²) in [7, 11) is 0.00746. The summed E-state index contributed by atoms with van der Waals surface area (Å²) in [5.41, 5.74) is 0.290. The summed E-state index contributed by atoms with van der Waals surface area (Å²) in [6.45, 7) is 14.2. The van der Waals surface area contributed by atoms with Crippen molar-refractivity contribution in [1.82, 2.24) is 10.6 Å². The lowest BCUT2D eigenvalue weighted by atomic mass is 9.82. The molecule has 0 saturated carbocycles. The quantitative estimate of drug-likeness (QED) is 0.146. The molecule has 12 heteroatoms. The van der Waals surface area contributed by atoms with E-state index in [1.165, 1.54) is 0 Å². The second kappa shape index (κ2) is 20.6. The number of amides is 2. The van der Waals surface area contributed by atoms with Crippen molar-refractivity contribution in [2.24, 2.45) is 17.8 Å². The highest BCUT2D eigenvalue weighted by Crippen LogP contribution is 2.32. The maximum Gasteiger partial charge on any atom is 0.407 e. The first-order valence-corrected chi connectivity index (χ1v) is 18.3. The summed E-state index contributed by atoms with van der Waals surface area (Å²) in [5, 5.41) is 16.9. The summed E-state index contributed by atoms with van der Waals surface area (Å²) >= 11 is 0. The topological polar surface area (TPSA) is 149 Å². The predicted octanol–water partition coefficient (Wildman–Crippen LogP) is 4.93. The number of methoxy groups -OCH3 is 2. The molecule has 0 saturated heterocycles. The molecule has 0 aliphatic heterocycles. The molecule has 266 valence electrons. The lowest BCUT2D eigenvalue weighted by molar-refractivity contribution is -0.125. The van der Waals surface area contributed by atoms with Crippen molar-refractivity contribution in [2.75, 3.05) is 45.5 Å². The Morgan fingerprint density at radius 2 is 1.67 bits per heavy atom. The normalized spacial score (nSPS) is 14.7. The number of alkyl carbamates (subject to hydrolysis) is 1. The van der Waals surface area contributed by atoms with Crippen LogP contribution in [0.2, 0.25) is 0 Å². The van der Waals surface area contributed by atoms with E-state index in [-0.39, 0.29) is 42.2 Å². The molecule has 46 heavy (non-hydrogen) atoms. The average molecular weight is 673 g/mol. The van der Waals surface area contributed by atoms with E-state index < -0.39 is 39.6 Å². The standard InChI is InChI=1S/C34H60N2O9S/c1-10-11-18-46(40,41)19-15-35-32(38)25(4)20-29(37)28(36-33(39)45-34(5,6)7)23-27(24(2)3)21-26-13-14-30(43-9)31(22-26)44-17-12-16-42-8/h13-14,22,24-25,27-29,37H,10-12,15-21,23H2,1-9H3,(H,35,38)(H,36,39)/t25-,27+,28+,29+/m1/s1. The molecule has 0 fully saturated rings. The highest BCUT2D eigenvalue weighted by Gasteiger charge is 2.31. The first-order valence-electron chi connectivity index (χ1n) is 16.5. The fraction of sp³-hybridized carbons (Fsp3) is 0.765. The smallest absolute Gasteiger partial charge is 0.407 e. The first kappa shape index (κ1) is 41.5. The maximum atomic E-state index is 12.9. The van der Waals surface area contributed by atoms with Crippen LogP contribution in [-0.4, -0.2) is 88.8 Å². The van der Waals surface area contributed by atoms with E-state index in [0.29, 0.717) is 44.0 Å². The third-order valence-corrected chi connectivity index (χ3v) is 9.44. The van der Waals surface area contributed by atoms with E-state index in [1.807, 2.05) is 25.1 Å². The summed E-state index contributed by atoms with van der Waals surface area (Å²) in [6, 6.07) is 5.12. The minimum absolute atomic E-state index is 0.0142. The zero-order valence-electron chi connectivity index (χ0n) is 29.5. The van der Waals surface area contributed by atoms with Crippen molar-refractivity contribution in [2.45, 2.75) is 105 Å². The van der Waals surface area contributed by atoms with Crippen molar-refractivity contribution >= 4 is 21.8 Å². The number of hydrogen-bond donors (Lipinski definition) is 3. The Labute approximate surface area is 277 Å². The van der Waals surface area contributed by atoms with Crippen LogP contribution in [0.3, 0.4) is 0 Å². The Kier molecular flexibility index (Phi) is 18.6. The molecular weight excluding hydrogens is 612 g/mol. The van der Waals surface area contributed by atoms with Gasteiger partial charge in [-0.25, -0.2) is 13.2 Å². The van der Waals surface area contributed by atoms with Crippen LogP contribution >= 0.6 is 0 Å². The van der Waals surface area contributed by atoms with Gasteiger partial charge in [-0.1, -0.05) is 40.2 Å². The van der Waals surface area contributed by atoms with E-state index >= 15 is 0 Å². The zero-order chi connectivity index (χ0) is 34.9. The number of aliphatic hydroxyl groups excluding tert-OH is 1. The number of hydrogen-bond acceptors (Lipinski definition) is 9. The summed E-state index contributed by atoms with van der Waals surface area (Å²) in [4.78, 5) is 25.7. The van der Waals surface area contributed by atoms with Crippen molar-refractivity contribution in [3.63, 3.8) is 0 Å². The van der Waals surface area contributed by atoms with Gasteiger partial charge in [-0.15, -0.1) is 0 Å². The highest BCUT2D eigenvalue weighted by molar-refractivity contribution is 7.91. The number of unbranched alkanes of at least 4 members (excludes halogenated alkanes) is 1. The minimum Gasteiger partial charge on any atom is -0.493 e. The second-order valence-electron chi connectivity index (χ2n) is 13.4. The Hall–Kier alpha value is -2.57. The van der Waals surface area contributed by atoms with Gasteiger partial charge in [0.05, 0.1) is 37.4 Å². The van der Waals surface area contributed by atoms with E-state index in [1.54, 1.807) is 41.9 Å². The van der Waals surface area contributed by atoms with Crippen LogP contribution in [0.25, 0.3) is 0 Å². The predicted molar refractivity (Wildman–Crippen MR) is 181 cm³/mol. The molecule has 2 amide bonds.